The molecule has 0 saturated heterocycles. The molecule has 0 aromatic heterocycles. The van der Waals surface area contributed by atoms with Crippen molar-refractivity contribution < 1.29 is 38.5 Å². The molecule has 0 saturated carbocycles. The van der Waals surface area contributed by atoms with Gasteiger partial charge < -0.3 is 12.4 Å². The molecule has 0 N–H and O–H groups in total. The molecule has 88 valence electrons. The van der Waals surface area contributed by atoms with E-state index < -0.39 is 0 Å². The molecule has 0 radical (unpaired) electrons. The molecule has 0 bridgehead atoms. The van der Waals surface area contributed by atoms with Gasteiger partial charge in [-0.3, -0.25) is 10.1 Å². The second kappa shape index (κ2) is 6.56. The molecule has 0 aliphatic rings. The zero-order valence-corrected chi connectivity index (χ0v) is 11.6. The number of hydrogen-bond donors (Lipinski definition) is 0. The van der Waals surface area contributed by atoms with E-state index in [-0.39, 0.29) is 44.2 Å². The van der Waals surface area contributed by atoms with Gasteiger partial charge in [0.2, 0.25) is 0 Å². The van der Waals surface area contributed by atoms with E-state index in [0.29, 0.717) is 0 Å². The SMILES string of the molecule is O=[N+]([O-])c1ccc([I+]c2ccccc2)cc1.[Cl-]. The first kappa shape index (κ1) is 13.9. The van der Waals surface area contributed by atoms with Crippen molar-refractivity contribution in [2.24, 2.45) is 0 Å². The molecule has 3 nitrogen and oxygen atoms in total. The molecular weight excluding hydrogens is 352 g/mol. The van der Waals surface area contributed by atoms with Crippen LogP contribution in [0.25, 0.3) is 0 Å². The lowest BCUT2D eigenvalue weighted by molar-refractivity contribution is -0.597. The van der Waals surface area contributed by atoms with Crippen LogP contribution in [-0.2, 0) is 0 Å². The van der Waals surface area contributed by atoms with Crippen LogP contribution in [0.3, 0.4) is 0 Å². The Bertz CT molecular complexity index is 488. The van der Waals surface area contributed by atoms with Gasteiger partial charge in [-0.1, -0.05) is 18.2 Å². The summed E-state index contributed by atoms with van der Waals surface area (Å²) >= 11 is -0.227. The van der Waals surface area contributed by atoms with Crippen molar-refractivity contribution in [3.8, 4) is 0 Å². The van der Waals surface area contributed by atoms with E-state index in [1.807, 2.05) is 30.3 Å². The van der Waals surface area contributed by atoms with Crippen LogP contribution < -0.4 is 33.6 Å². The van der Waals surface area contributed by atoms with E-state index in [4.69, 9.17) is 0 Å². The number of nitro groups is 1. The third-order valence-corrected chi connectivity index (χ3v) is 4.67. The van der Waals surface area contributed by atoms with Gasteiger partial charge in [0.25, 0.3) is 5.69 Å². The molecule has 5 heteroatoms. The van der Waals surface area contributed by atoms with E-state index in [2.05, 4.69) is 12.1 Å². The number of benzene rings is 2. The van der Waals surface area contributed by atoms with Gasteiger partial charge in [0, 0.05) is 12.1 Å². The summed E-state index contributed by atoms with van der Waals surface area (Å²) in [4.78, 5) is 10.1. The monoisotopic (exact) mass is 361 g/mol. The van der Waals surface area contributed by atoms with Gasteiger partial charge in [0.1, 0.15) is 0 Å². The maximum Gasteiger partial charge on any atom is 0.357 e. The molecule has 2 aromatic carbocycles. The molecule has 0 unspecified atom stereocenters. The molecule has 0 amide bonds. The normalized spacial score (nSPS) is 9.41. The minimum Gasteiger partial charge on any atom is -1.00 e. The summed E-state index contributed by atoms with van der Waals surface area (Å²) in [5.74, 6) is 0. The minimum atomic E-state index is -0.370. The number of hydrogen-bond acceptors (Lipinski definition) is 2. The molecule has 0 fully saturated rings. The van der Waals surface area contributed by atoms with Crippen molar-refractivity contribution in [2.45, 2.75) is 0 Å². The van der Waals surface area contributed by atoms with Crippen molar-refractivity contribution >= 4 is 5.69 Å². The highest BCUT2D eigenvalue weighted by Crippen LogP contribution is 2.07. The number of nitrogens with zero attached hydrogens (tertiary/aromatic N) is 1. The molecule has 0 aliphatic carbocycles. The highest BCUT2D eigenvalue weighted by Gasteiger charge is 2.16. The van der Waals surface area contributed by atoms with Crippen LogP contribution in [0.4, 0.5) is 5.69 Å². The molecular formula is C12H9ClINO2. The van der Waals surface area contributed by atoms with Gasteiger partial charge in [-0.25, -0.2) is 0 Å². The lowest BCUT2D eigenvalue weighted by Crippen LogP contribution is -3.61. The first-order valence-corrected chi connectivity index (χ1v) is 6.86. The maximum absolute atomic E-state index is 10.5. The molecule has 0 atom stereocenters. The van der Waals surface area contributed by atoms with Crippen LogP contribution in [0.5, 0.6) is 0 Å². The first-order valence-electron chi connectivity index (χ1n) is 4.70. The fraction of sp³-hybridized carbons (Fsp3) is 0. The van der Waals surface area contributed by atoms with Gasteiger partial charge >= 0.3 is 21.2 Å². The predicted octanol–water partition coefficient (Wildman–Crippen LogP) is -3.27. The first-order chi connectivity index (χ1) is 7.75. The Labute approximate surface area is 116 Å². The Hall–Kier alpha value is -1.14. The topological polar surface area (TPSA) is 43.1 Å². The Morgan fingerprint density at radius 3 is 1.94 bits per heavy atom. The minimum absolute atomic E-state index is 0. The van der Waals surface area contributed by atoms with Crippen LogP contribution in [0, 0.1) is 17.3 Å². The van der Waals surface area contributed by atoms with Crippen molar-refractivity contribution in [3.63, 3.8) is 0 Å². The molecule has 2 aromatic rings. The molecule has 17 heavy (non-hydrogen) atoms. The Morgan fingerprint density at radius 2 is 1.41 bits per heavy atom. The van der Waals surface area contributed by atoms with E-state index in [1.165, 1.54) is 7.14 Å². The summed E-state index contributed by atoms with van der Waals surface area (Å²) in [7, 11) is 0. The van der Waals surface area contributed by atoms with Gasteiger partial charge in [0.15, 0.2) is 7.14 Å². The number of nitro benzene ring substituents is 1. The van der Waals surface area contributed by atoms with Crippen molar-refractivity contribution in [2.75, 3.05) is 0 Å². The number of non-ortho nitro benzene ring substituents is 1. The highest BCUT2D eigenvalue weighted by atomic mass is 127. The fourth-order valence-corrected chi connectivity index (χ4v) is 3.44. The second-order valence-corrected chi connectivity index (χ2v) is 6.15. The molecule has 0 heterocycles. The third kappa shape index (κ3) is 3.98. The zero-order valence-electron chi connectivity index (χ0n) is 8.72. The lowest BCUT2D eigenvalue weighted by Gasteiger charge is -1.89. The fourth-order valence-electron chi connectivity index (χ4n) is 1.23. The molecule has 0 aliphatic heterocycles. The van der Waals surface area contributed by atoms with Gasteiger partial charge in [-0.15, -0.1) is 0 Å². The van der Waals surface area contributed by atoms with Gasteiger partial charge in [0.05, 0.1) is 4.92 Å². The van der Waals surface area contributed by atoms with Gasteiger partial charge in [-0.2, -0.15) is 0 Å². The summed E-state index contributed by atoms with van der Waals surface area (Å²) in [6.45, 7) is 0. The van der Waals surface area contributed by atoms with E-state index in [9.17, 15) is 10.1 Å². The second-order valence-electron chi connectivity index (χ2n) is 3.12. The van der Waals surface area contributed by atoms with Crippen LogP contribution in [0.2, 0.25) is 0 Å². The van der Waals surface area contributed by atoms with E-state index in [1.54, 1.807) is 12.1 Å². The lowest BCUT2D eigenvalue weighted by atomic mass is 10.3. The standard InChI is InChI=1S/C12H9INO2.ClH/c15-14(16)12-8-6-11(7-9-12)13-10-4-2-1-3-5-10;/h1-9H;1H/q+1;/p-1. The predicted molar refractivity (Wildman–Crippen MR) is 56.9 cm³/mol. The quantitative estimate of drug-likeness (QED) is 0.327. The number of halogens is 2. The Balaban J connectivity index is 0.00000144. The average Bonchev–Trinajstić information content (AvgIpc) is 2.31. The largest absolute Gasteiger partial charge is 1.00 e. The molecule has 0 spiro atoms. The smallest absolute Gasteiger partial charge is 0.357 e. The summed E-state index contributed by atoms with van der Waals surface area (Å²) in [6, 6.07) is 17.0. The number of rotatable bonds is 3. The summed E-state index contributed by atoms with van der Waals surface area (Å²) < 4.78 is 2.51. The van der Waals surface area contributed by atoms with E-state index in [0.717, 1.165) is 0 Å². The third-order valence-electron chi connectivity index (χ3n) is 1.99. The zero-order chi connectivity index (χ0) is 11.4. The summed E-state index contributed by atoms with van der Waals surface area (Å²) in [5, 5.41) is 10.5. The highest BCUT2D eigenvalue weighted by molar-refractivity contribution is 5.27. The van der Waals surface area contributed by atoms with Crippen LogP contribution in [0.15, 0.2) is 54.6 Å². The van der Waals surface area contributed by atoms with Crippen molar-refractivity contribution in [1.29, 1.82) is 0 Å². The van der Waals surface area contributed by atoms with Crippen LogP contribution >= 0.6 is 0 Å². The van der Waals surface area contributed by atoms with Crippen molar-refractivity contribution in [1.82, 2.24) is 0 Å². The van der Waals surface area contributed by atoms with Crippen molar-refractivity contribution in [3.05, 3.63) is 71.9 Å². The van der Waals surface area contributed by atoms with Gasteiger partial charge in [-0.05, 0) is 24.3 Å². The summed E-state index contributed by atoms with van der Waals surface area (Å²) in [5.41, 5.74) is 0.154. The maximum atomic E-state index is 10.5. The van der Waals surface area contributed by atoms with Crippen LogP contribution in [0.1, 0.15) is 0 Å². The molecule has 2 rings (SSSR count). The van der Waals surface area contributed by atoms with Crippen LogP contribution in [-0.4, -0.2) is 4.92 Å². The Morgan fingerprint density at radius 1 is 0.882 bits per heavy atom. The Kier molecular flexibility index (Phi) is 5.37. The van der Waals surface area contributed by atoms with E-state index >= 15 is 0 Å². The summed E-state index contributed by atoms with van der Waals surface area (Å²) in [6.07, 6.45) is 0. The average molecular weight is 362 g/mol.